The van der Waals surface area contributed by atoms with Gasteiger partial charge in [0, 0.05) is 31.2 Å². The highest BCUT2D eigenvalue weighted by atomic mass is 35.5. The third-order valence-electron chi connectivity index (χ3n) is 4.93. The SMILES string of the molecule is CC(=O)c1ccccc1OCCN1CCCN(Cc2ccc(Cl)cc2)CC1. The van der Waals surface area contributed by atoms with Crippen molar-refractivity contribution >= 4 is 17.4 Å². The normalized spacial score (nSPS) is 16.1. The van der Waals surface area contributed by atoms with Crippen LogP contribution >= 0.6 is 11.6 Å². The molecule has 0 aromatic heterocycles. The van der Waals surface area contributed by atoms with Crippen molar-refractivity contribution in [3.05, 3.63) is 64.7 Å². The second kappa shape index (κ2) is 9.88. The van der Waals surface area contributed by atoms with Crippen molar-refractivity contribution in [1.29, 1.82) is 0 Å². The number of benzene rings is 2. The largest absolute Gasteiger partial charge is 0.491 e. The van der Waals surface area contributed by atoms with Gasteiger partial charge in [0.15, 0.2) is 5.78 Å². The Kier molecular flexibility index (Phi) is 7.27. The maximum absolute atomic E-state index is 11.7. The number of hydrogen-bond acceptors (Lipinski definition) is 4. The van der Waals surface area contributed by atoms with Gasteiger partial charge in [-0.15, -0.1) is 0 Å². The minimum atomic E-state index is 0.0400. The Morgan fingerprint density at radius 1 is 1.00 bits per heavy atom. The molecule has 0 radical (unpaired) electrons. The van der Waals surface area contributed by atoms with Crippen molar-refractivity contribution in [2.75, 3.05) is 39.3 Å². The van der Waals surface area contributed by atoms with E-state index in [2.05, 4.69) is 21.9 Å². The molecule has 1 heterocycles. The van der Waals surface area contributed by atoms with Crippen LogP contribution < -0.4 is 4.74 Å². The Morgan fingerprint density at radius 3 is 2.48 bits per heavy atom. The Bertz CT molecular complexity index is 748. The average molecular weight is 387 g/mol. The van der Waals surface area contributed by atoms with E-state index in [0.717, 1.165) is 50.7 Å². The molecule has 1 saturated heterocycles. The summed E-state index contributed by atoms with van der Waals surface area (Å²) in [5, 5.41) is 0.784. The van der Waals surface area contributed by atoms with E-state index in [9.17, 15) is 4.79 Å². The third kappa shape index (κ3) is 6.06. The van der Waals surface area contributed by atoms with E-state index in [1.165, 1.54) is 5.56 Å². The fourth-order valence-electron chi connectivity index (χ4n) is 3.42. The first-order valence-electron chi connectivity index (χ1n) is 9.54. The van der Waals surface area contributed by atoms with Crippen LogP contribution in [0.1, 0.15) is 29.3 Å². The number of Topliss-reactive ketones (excluding diaryl/α,β-unsaturated/α-hetero) is 1. The van der Waals surface area contributed by atoms with E-state index in [0.29, 0.717) is 17.9 Å². The zero-order valence-electron chi connectivity index (χ0n) is 15.9. The molecule has 0 aliphatic carbocycles. The Morgan fingerprint density at radius 2 is 1.70 bits per heavy atom. The van der Waals surface area contributed by atoms with Crippen LogP contribution in [-0.2, 0) is 6.54 Å². The average Bonchev–Trinajstić information content (AvgIpc) is 2.89. The lowest BCUT2D eigenvalue weighted by atomic mass is 10.1. The minimum absolute atomic E-state index is 0.0400. The number of carbonyl (C=O) groups excluding carboxylic acids is 1. The fourth-order valence-corrected chi connectivity index (χ4v) is 3.55. The molecule has 1 fully saturated rings. The number of hydrogen-bond donors (Lipinski definition) is 0. The number of halogens is 1. The van der Waals surface area contributed by atoms with Gasteiger partial charge in [0.05, 0.1) is 5.56 Å². The first kappa shape index (κ1) is 19.9. The molecule has 27 heavy (non-hydrogen) atoms. The van der Waals surface area contributed by atoms with Gasteiger partial charge in [0.2, 0.25) is 0 Å². The van der Waals surface area contributed by atoms with Crippen molar-refractivity contribution in [1.82, 2.24) is 9.80 Å². The molecular weight excluding hydrogens is 360 g/mol. The minimum Gasteiger partial charge on any atom is -0.491 e. The Labute approximate surface area is 166 Å². The molecule has 0 spiro atoms. The van der Waals surface area contributed by atoms with Crippen LogP contribution in [0.4, 0.5) is 0 Å². The molecule has 4 nitrogen and oxygen atoms in total. The monoisotopic (exact) mass is 386 g/mol. The first-order valence-corrected chi connectivity index (χ1v) is 9.91. The number of rotatable bonds is 7. The van der Waals surface area contributed by atoms with Gasteiger partial charge >= 0.3 is 0 Å². The van der Waals surface area contributed by atoms with Crippen LogP contribution in [0.2, 0.25) is 5.02 Å². The third-order valence-corrected chi connectivity index (χ3v) is 5.18. The van der Waals surface area contributed by atoms with Gasteiger partial charge < -0.3 is 4.74 Å². The number of nitrogens with zero attached hydrogens (tertiary/aromatic N) is 2. The molecule has 2 aromatic rings. The molecule has 0 bridgehead atoms. The zero-order chi connectivity index (χ0) is 19.1. The predicted octanol–water partition coefficient (Wildman–Crippen LogP) is 4.13. The van der Waals surface area contributed by atoms with E-state index in [1.807, 2.05) is 36.4 Å². The van der Waals surface area contributed by atoms with E-state index >= 15 is 0 Å². The summed E-state index contributed by atoms with van der Waals surface area (Å²) in [5.41, 5.74) is 1.96. The maximum Gasteiger partial charge on any atom is 0.163 e. The highest BCUT2D eigenvalue weighted by Crippen LogP contribution is 2.18. The summed E-state index contributed by atoms with van der Waals surface area (Å²) < 4.78 is 5.89. The van der Waals surface area contributed by atoms with Crippen LogP contribution in [0.5, 0.6) is 5.75 Å². The fraction of sp³-hybridized carbons (Fsp3) is 0.409. The Balaban J connectivity index is 1.45. The second-order valence-corrected chi connectivity index (χ2v) is 7.44. The maximum atomic E-state index is 11.7. The predicted molar refractivity (Wildman–Crippen MR) is 110 cm³/mol. The molecule has 2 aromatic carbocycles. The van der Waals surface area contributed by atoms with Crippen LogP contribution in [-0.4, -0.2) is 54.9 Å². The number of para-hydroxylation sites is 1. The van der Waals surface area contributed by atoms with Gasteiger partial charge in [-0.3, -0.25) is 14.6 Å². The van der Waals surface area contributed by atoms with Crippen molar-refractivity contribution in [3.63, 3.8) is 0 Å². The standard InChI is InChI=1S/C22H27ClN2O2/c1-18(26)21-5-2-3-6-22(21)27-16-15-24-11-4-12-25(14-13-24)17-19-7-9-20(23)10-8-19/h2-3,5-10H,4,11-17H2,1H3. The summed E-state index contributed by atoms with van der Waals surface area (Å²) in [6, 6.07) is 15.6. The summed E-state index contributed by atoms with van der Waals surface area (Å²) in [7, 11) is 0. The number of ketones is 1. The van der Waals surface area contributed by atoms with Crippen molar-refractivity contribution in [3.8, 4) is 5.75 Å². The summed E-state index contributed by atoms with van der Waals surface area (Å²) >= 11 is 5.97. The molecule has 1 aliphatic rings. The smallest absolute Gasteiger partial charge is 0.163 e. The highest BCUT2D eigenvalue weighted by Gasteiger charge is 2.15. The molecule has 5 heteroatoms. The lowest BCUT2D eigenvalue weighted by molar-refractivity contribution is 0.101. The van der Waals surface area contributed by atoms with Crippen LogP contribution in [0.15, 0.2) is 48.5 Å². The molecule has 144 valence electrons. The van der Waals surface area contributed by atoms with Gasteiger partial charge in [-0.2, -0.15) is 0 Å². The summed E-state index contributed by atoms with van der Waals surface area (Å²) in [5.74, 6) is 0.724. The van der Waals surface area contributed by atoms with Gasteiger partial charge in [-0.1, -0.05) is 35.9 Å². The van der Waals surface area contributed by atoms with Gasteiger partial charge in [-0.05, 0) is 56.3 Å². The quantitative estimate of drug-likeness (QED) is 0.670. The number of ether oxygens (including phenoxy) is 1. The van der Waals surface area contributed by atoms with Crippen LogP contribution in [0.3, 0.4) is 0 Å². The molecule has 0 N–H and O–H groups in total. The molecule has 3 rings (SSSR count). The zero-order valence-corrected chi connectivity index (χ0v) is 16.6. The highest BCUT2D eigenvalue weighted by molar-refractivity contribution is 6.30. The van der Waals surface area contributed by atoms with Crippen LogP contribution in [0.25, 0.3) is 0 Å². The molecule has 0 atom stereocenters. The van der Waals surface area contributed by atoms with Gasteiger partial charge in [0.25, 0.3) is 0 Å². The summed E-state index contributed by atoms with van der Waals surface area (Å²) in [6.45, 7) is 8.28. The topological polar surface area (TPSA) is 32.8 Å². The lowest BCUT2D eigenvalue weighted by Crippen LogP contribution is -2.33. The van der Waals surface area contributed by atoms with Gasteiger partial charge in [-0.25, -0.2) is 0 Å². The molecular formula is C22H27ClN2O2. The molecule has 0 amide bonds. The van der Waals surface area contributed by atoms with E-state index in [1.54, 1.807) is 6.92 Å². The summed E-state index contributed by atoms with van der Waals surface area (Å²) in [4.78, 5) is 16.6. The molecule has 0 saturated carbocycles. The van der Waals surface area contributed by atoms with E-state index in [4.69, 9.17) is 16.3 Å². The number of carbonyl (C=O) groups is 1. The van der Waals surface area contributed by atoms with Crippen molar-refractivity contribution in [2.24, 2.45) is 0 Å². The lowest BCUT2D eigenvalue weighted by Gasteiger charge is -2.22. The van der Waals surface area contributed by atoms with Gasteiger partial charge in [0.1, 0.15) is 12.4 Å². The molecule has 0 unspecified atom stereocenters. The van der Waals surface area contributed by atoms with E-state index in [-0.39, 0.29) is 5.78 Å². The van der Waals surface area contributed by atoms with Crippen molar-refractivity contribution in [2.45, 2.75) is 19.9 Å². The van der Waals surface area contributed by atoms with Crippen molar-refractivity contribution < 1.29 is 9.53 Å². The first-order chi connectivity index (χ1) is 13.1. The van der Waals surface area contributed by atoms with E-state index < -0.39 is 0 Å². The Hall–Kier alpha value is -1.88. The van der Waals surface area contributed by atoms with Crippen LogP contribution in [0, 0.1) is 0 Å². The molecule has 1 aliphatic heterocycles. The summed E-state index contributed by atoms with van der Waals surface area (Å²) in [6.07, 6.45) is 1.15. The second-order valence-electron chi connectivity index (χ2n) is 7.00.